The van der Waals surface area contributed by atoms with Crippen LogP contribution in [0, 0.1) is 0 Å². The van der Waals surface area contributed by atoms with Gasteiger partial charge >= 0.3 is 17.8 Å². The summed E-state index contributed by atoms with van der Waals surface area (Å²) < 4.78 is 99.7. The topological polar surface area (TPSA) is 44.7 Å². The summed E-state index contributed by atoms with van der Waals surface area (Å²) in [5.41, 5.74) is 0. The fourth-order valence-corrected chi connectivity index (χ4v) is 1.80. The SMILES string of the molecule is FC(F)(COCc1ccco1)C(F)(F)C(F)(F)COCc1ccco1. The number of hydrogen-bond acceptors (Lipinski definition) is 4. The zero-order valence-corrected chi connectivity index (χ0v) is 12.7. The van der Waals surface area contributed by atoms with E-state index >= 15 is 0 Å². The minimum atomic E-state index is -5.67. The quantitative estimate of drug-likeness (QED) is 0.576. The zero-order chi connectivity index (χ0) is 18.6. The molecule has 0 aliphatic rings. The number of alkyl halides is 6. The predicted molar refractivity (Wildman–Crippen MR) is 71.6 cm³/mol. The van der Waals surface area contributed by atoms with Crippen LogP contribution in [0.15, 0.2) is 45.6 Å². The second-order valence-corrected chi connectivity index (χ2v) is 5.13. The van der Waals surface area contributed by atoms with E-state index in [0.29, 0.717) is 0 Å². The third-order valence-corrected chi connectivity index (χ3v) is 3.13. The van der Waals surface area contributed by atoms with E-state index < -0.39 is 44.2 Å². The lowest BCUT2D eigenvalue weighted by Crippen LogP contribution is -2.58. The smallest absolute Gasteiger partial charge is 0.376 e. The first-order chi connectivity index (χ1) is 11.7. The number of ether oxygens (including phenoxy) is 2. The Labute approximate surface area is 138 Å². The van der Waals surface area contributed by atoms with Crippen molar-refractivity contribution in [1.82, 2.24) is 0 Å². The molecule has 0 saturated heterocycles. The summed E-state index contributed by atoms with van der Waals surface area (Å²) in [6.07, 6.45) is 2.44. The first-order valence-electron chi connectivity index (χ1n) is 6.99. The molecule has 10 heteroatoms. The molecule has 0 aliphatic carbocycles. The van der Waals surface area contributed by atoms with Crippen LogP contribution in [0.2, 0.25) is 0 Å². The average molecular weight is 372 g/mol. The molecule has 0 bridgehead atoms. The third-order valence-electron chi connectivity index (χ3n) is 3.13. The first kappa shape index (κ1) is 19.4. The van der Waals surface area contributed by atoms with Gasteiger partial charge in [0.25, 0.3) is 0 Å². The molecule has 0 unspecified atom stereocenters. The molecule has 0 radical (unpaired) electrons. The fourth-order valence-electron chi connectivity index (χ4n) is 1.80. The van der Waals surface area contributed by atoms with Crippen molar-refractivity contribution in [3.63, 3.8) is 0 Å². The Hall–Kier alpha value is -1.94. The van der Waals surface area contributed by atoms with Crippen molar-refractivity contribution in [1.29, 1.82) is 0 Å². The van der Waals surface area contributed by atoms with E-state index in [0.717, 1.165) is 0 Å². The first-order valence-corrected chi connectivity index (χ1v) is 6.99. The highest BCUT2D eigenvalue weighted by atomic mass is 19.3. The average Bonchev–Trinajstić information content (AvgIpc) is 3.20. The summed E-state index contributed by atoms with van der Waals surface area (Å²) in [6, 6.07) is 5.56. The Morgan fingerprint density at radius 2 is 1.12 bits per heavy atom. The van der Waals surface area contributed by atoms with Crippen LogP contribution in [-0.4, -0.2) is 31.0 Å². The molecule has 25 heavy (non-hydrogen) atoms. The minimum absolute atomic E-state index is 0.0904. The lowest BCUT2D eigenvalue weighted by Gasteiger charge is -2.32. The van der Waals surface area contributed by atoms with Crippen molar-refractivity contribution in [3.05, 3.63) is 48.3 Å². The highest BCUT2D eigenvalue weighted by Gasteiger charge is 2.71. The Kier molecular flexibility index (Phi) is 5.83. The maximum atomic E-state index is 13.6. The van der Waals surface area contributed by atoms with Gasteiger partial charge in [-0.05, 0) is 24.3 Å². The van der Waals surface area contributed by atoms with E-state index in [1.54, 1.807) is 0 Å². The Bertz CT molecular complexity index is 570. The second kappa shape index (κ2) is 7.52. The molecule has 0 aromatic carbocycles. The molecular formula is C15H14F6O4. The van der Waals surface area contributed by atoms with E-state index in [4.69, 9.17) is 8.83 Å². The van der Waals surface area contributed by atoms with Gasteiger partial charge in [-0.3, -0.25) is 0 Å². The van der Waals surface area contributed by atoms with Crippen molar-refractivity contribution in [3.8, 4) is 0 Å². The van der Waals surface area contributed by atoms with Crippen molar-refractivity contribution >= 4 is 0 Å². The molecule has 0 aliphatic heterocycles. The molecule has 2 rings (SSSR count). The van der Waals surface area contributed by atoms with E-state index in [-0.39, 0.29) is 11.5 Å². The Morgan fingerprint density at radius 3 is 1.44 bits per heavy atom. The number of hydrogen-bond donors (Lipinski definition) is 0. The van der Waals surface area contributed by atoms with Crippen molar-refractivity contribution in [2.45, 2.75) is 31.0 Å². The molecule has 0 amide bonds. The van der Waals surface area contributed by atoms with Crippen LogP contribution in [0.3, 0.4) is 0 Å². The standard InChI is InChI=1S/C15H14F6O4/c16-13(17,9-22-7-11-3-1-5-24-11)15(20,21)14(18,19)10-23-8-12-4-2-6-25-12/h1-6H,7-10H2. The van der Waals surface area contributed by atoms with Crippen LogP contribution in [-0.2, 0) is 22.7 Å². The second-order valence-electron chi connectivity index (χ2n) is 5.13. The maximum absolute atomic E-state index is 13.6. The van der Waals surface area contributed by atoms with Crippen molar-refractivity contribution < 1.29 is 44.7 Å². The van der Waals surface area contributed by atoms with Crippen LogP contribution >= 0.6 is 0 Å². The van der Waals surface area contributed by atoms with Crippen LogP contribution in [0.1, 0.15) is 11.5 Å². The largest absolute Gasteiger partial charge is 0.467 e. The van der Waals surface area contributed by atoms with Gasteiger partial charge in [-0.2, -0.15) is 26.3 Å². The van der Waals surface area contributed by atoms with Crippen LogP contribution in [0.25, 0.3) is 0 Å². The molecule has 2 aromatic heterocycles. The molecule has 0 spiro atoms. The molecule has 4 nitrogen and oxygen atoms in total. The van der Waals surface area contributed by atoms with Gasteiger partial charge in [0.15, 0.2) is 0 Å². The van der Waals surface area contributed by atoms with Crippen LogP contribution in [0.5, 0.6) is 0 Å². The predicted octanol–water partition coefficient (Wildman–Crippen LogP) is 4.51. The number of rotatable bonds is 10. The monoisotopic (exact) mass is 372 g/mol. The summed E-state index contributed by atoms with van der Waals surface area (Å²) in [5, 5.41) is 0. The summed E-state index contributed by atoms with van der Waals surface area (Å²) in [7, 11) is 0. The fraction of sp³-hybridized carbons (Fsp3) is 0.467. The van der Waals surface area contributed by atoms with Crippen LogP contribution < -0.4 is 0 Å². The molecular weight excluding hydrogens is 358 g/mol. The van der Waals surface area contributed by atoms with Gasteiger partial charge in [-0.25, -0.2) is 0 Å². The Balaban J connectivity index is 1.90. The number of halogens is 6. The van der Waals surface area contributed by atoms with Crippen molar-refractivity contribution in [2.75, 3.05) is 13.2 Å². The van der Waals surface area contributed by atoms with Crippen LogP contribution in [0.4, 0.5) is 26.3 Å². The maximum Gasteiger partial charge on any atom is 0.376 e. The molecule has 0 fully saturated rings. The highest BCUT2D eigenvalue weighted by molar-refractivity contribution is 4.99. The molecule has 2 heterocycles. The van der Waals surface area contributed by atoms with Gasteiger partial charge in [-0.1, -0.05) is 0 Å². The molecule has 140 valence electrons. The van der Waals surface area contributed by atoms with E-state index in [9.17, 15) is 26.3 Å². The zero-order valence-electron chi connectivity index (χ0n) is 12.7. The summed E-state index contributed by atoms with van der Waals surface area (Å²) in [4.78, 5) is 0. The lowest BCUT2D eigenvalue weighted by atomic mass is 10.1. The highest BCUT2D eigenvalue weighted by Crippen LogP contribution is 2.46. The van der Waals surface area contributed by atoms with E-state index in [2.05, 4.69) is 9.47 Å². The molecule has 0 N–H and O–H groups in total. The van der Waals surface area contributed by atoms with Gasteiger partial charge in [0.05, 0.1) is 12.5 Å². The summed E-state index contributed by atoms with van der Waals surface area (Å²) in [6.45, 7) is -4.93. The summed E-state index contributed by atoms with van der Waals surface area (Å²) in [5.74, 6) is -15.7. The van der Waals surface area contributed by atoms with Gasteiger partial charge in [0.1, 0.15) is 37.9 Å². The Morgan fingerprint density at radius 1 is 0.720 bits per heavy atom. The number of furan rings is 2. The van der Waals surface area contributed by atoms with Gasteiger partial charge in [0, 0.05) is 0 Å². The normalized spacial score (nSPS) is 13.4. The van der Waals surface area contributed by atoms with Gasteiger partial charge < -0.3 is 18.3 Å². The third kappa shape index (κ3) is 4.57. The van der Waals surface area contributed by atoms with Crippen molar-refractivity contribution in [2.24, 2.45) is 0 Å². The summed E-state index contributed by atoms with van der Waals surface area (Å²) >= 11 is 0. The lowest BCUT2D eigenvalue weighted by molar-refractivity contribution is -0.330. The van der Waals surface area contributed by atoms with E-state index in [1.165, 1.54) is 36.8 Å². The van der Waals surface area contributed by atoms with E-state index in [1.807, 2.05) is 0 Å². The molecule has 2 aromatic rings. The van der Waals surface area contributed by atoms with Gasteiger partial charge in [-0.15, -0.1) is 0 Å². The molecule has 0 saturated carbocycles. The minimum Gasteiger partial charge on any atom is -0.467 e. The molecule has 0 atom stereocenters. The van der Waals surface area contributed by atoms with Gasteiger partial charge in [0.2, 0.25) is 0 Å².